The van der Waals surface area contributed by atoms with Gasteiger partial charge in [0.2, 0.25) is 0 Å². The number of carbonyl (C=O) groups is 1. The predicted molar refractivity (Wildman–Crippen MR) is 148 cm³/mol. The van der Waals surface area contributed by atoms with Crippen LogP contribution in [0.5, 0.6) is 5.75 Å². The Labute approximate surface area is 222 Å². The minimum atomic E-state index is -0.437. The molecule has 4 aromatic rings. The molecule has 184 valence electrons. The van der Waals surface area contributed by atoms with Crippen LogP contribution >= 0.6 is 23.4 Å². The summed E-state index contributed by atoms with van der Waals surface area (Å²) in [6.45, 7) is 2.09. The van der Waals surface area contributed by atoms with Crippen molar-refractivity contribution in [2.24, 2.45) is 4.99 Å². The molecule has 0 radical (unpaired) electrons. The molecule has 1 aliphatic heterocycles. The van der Waals surface area contributed by atoms with E-state index in [0.717, 1.165) is 27.5 Å². The number of hydrogen-bond acceptors (Lipinski definition) is 6. The molecule has 1 aliphatic rings. The van der Waals surface area contributed by atoms with E-state index in [-0.39, 0.29) is 18.2 Å². The van der Waals surface area contributed by atoms with E-state index in [0.29, 0.717) is 26.5 Å². The molecule has 1 fully saturated rings. The average molecular weight is 530 g/mol. The highest BCUT2D eigenvalue weighted by Gasteiger charge is 2.25. The lowest BCUT2D eigenvalue weighted by atomic mass is 10.0. The molecular formula is C28H20ClN3O4S. The number of thioether (sulfide) groups is 1. The fourth-order valence-corrected chi connectivity index (χ4v) is 4.85. The van der Waals surface area contributed by atoms with Crippen LogP contribution in [-0.4, -0.2) is 16.0 Å². The summed E-state index contributed by atoms with van der Waals surface area (Å²) in [6, 6.07) is 23.4. The SMILES string of the molecule is Cc1c(Cl)cccc1N=C1NC(=O)/C(=C/c2c(OCc3ccc([N+](=O)[O-])cc3)ccc3ccccc23)S1. The number of fused-ring (bicyclic) bond motifs is 1. The van der Waals surface area contributed by atoms with E-state index in [2.05, 4.69) is 10.3 Å². The van der Waals surface area contributed by atoms with Gasteiger partial charge in [0.15, 0.2) is 5.17 Å². The summed E-state index contributed by atoms with van der Waals surface area (Å²) >= 11 is 7.46. The molecule has 1 saturated heterocycles. The molecule has 0 spiro atoms. The molecule has 5 rings (SSSR count). The van der Waals surface area contributed by atoms with E-state index in [1.165, 1.54) is 23.9 Å². The number of nitrogens with one attached hydrogen (secondary N) is 1. The standard InChI is InChI=1S/C28H20ClN3O4S/c1-17-23(29)7-4-8-24(17)30-28-31-27(33)26(37-28)15-22-21-6-3-2-5-19(21)11-14-25(22)36-16-18-9-12-20(13-10-18)32(34)35/h2-15H,16H2,1H3,(H,30,31,33)/b26-15-. The number of carbonyl (C=O) groups excluding carboxylic acids is 1. The monoisotopic (exact) mass is 529 g/mol. The van der Waals surface area contributed by atoms with Crippen LogP contribution < -0.4 is 10.1 Å². The van der Waals surface area contributed by atoms with Crippen LogP contribution in [-0.2, 0) is 11.4 Å². The van der Waals surface area contributed by atoms with Gasteiger partial charge in [0.05, 0.1) is 15.5 Å². The molecule has 1 N–H and O–H groups in total. The molecule has 9 heteroatoms. The molecule has 1 heterocycles. The highest BCUT2D eigenvalue weighted by atomic mass is 35.5. The van der Waals surface area contributed by atoms with Gasteiger partial charge in [-0.1, -0.05) is 48.0 Å². The second-order valence-corrected chi connectivity index (χ2v) is 9.71. The largest absolute Gasteiger partial charge is 0.488 e. The summed E-state index contributed by atoms with van der Waals surface area (Å²) in [5.41, 5.74) is 3.10. The number of ether oxygens (including phenoxy) is 1. The van der Waals surface area contributed by atoms with Crippen LogP contribution in [0.4, 0.5) is 11.4 Å². The fourth-order valence-electron chi connectivity index (χ4n) is 3.86. The van der Waals surface area contributed by atoms with Crippen molar-refractivity contribution in [1.29, 1.82) is 0 Å². The quantitative estimate of drug-likeness (QED) is 0.162. The first-order valence-corrected chi connectivity index (χ1v) is 12.5. The first kappa shape index (κ1) is 24.5. The number of benzene rings is 4. The third-order valence-electron chi connectivity index (χ3n) is 5.86. The molecule has 0 saturated carbocycles. The van der Waals surface area contributed by atoms with E-state index >= 15 is 0 Å². The third kappa shape index (κ3) is 5.35. The van der Waals surface area contributed by atoms with Crippen molar-refractivity contribution < 1.29 is 14.5 Å². The Morgan fingerprint density at radius 3 is 2.62 bits per heavy atom. The molecule has 0 aliphatic carbocycles. The van der Waals surface area contributed by atoms with E-state index in [9.17, 15) is 14.9 Å². The fraction of sp³-hybridized carbons (Fsp3) is 0.0714. The van der Waals surface area contributed by atoms with E-state index in [1.807, 2.05) is 55.5 Å². The third-order valence-corrected chi connectivity index (χ3v) is 7.18. The summed E-state index contributed by atoms with van der Waals surface area (Å²) in [7, 11) is 0. The Morgan fingerprint density at radius 1 is 1.05 bits per heavy atom. The van der Waals surface area contributed by atoms with Crippen molar-refractivity contribution >= 4 is 62.7 Å². The molecule has 4 aromatic carbocycles. The zero-order valence-corrected chi connectivity index (χ0v) is 21.2. The van der Waals surface area contributed by atoms with Crippen LogP contribution in [0.3, 0.4) is 0 Å². The van der Waals surface area contributed by atoms with E-state index in [1.54, 1.807) is 24.3 Å². The molecule has 37 heavy (non-hydrogen) atoms. The minimum Gasteiger partial charge on any atom is -0.488 e. The molecule has 0 atom stereocenters. The van der Waals surface area contributed by atoms with Crippen LogP contribution in [0, 0.1) is 17.0 Å². The topological polar surface area (TPSA) is 93.8 Å². The zero-order chi connectivity index (χ0) is 25.9. The smallest absolute Gasteiger partial charge is 0.269 e. The number of nitro groups is 1. The summed E-state index contributed by atoms with van der Waals surface area (Å²) in [6.07, 6.45) is 1.81. The maximum atomic E-state index is 12.8. The Hall–Kier alpha value is -4.14. The number of aliphatic imine (C=N–C) groups is 1. The van der Waals surface area contributed by atoms with Gasteiger partial charge in [-0.25, -0.2) is 4.99 Å². The summed E-state index contributed by atoms with van der Waals surface area (Å²) < 4.78 is 6.13. The molecule has 7 nitrogen and oxygen atoms in total. The van der Waals surface area contributed by atoms with E-state index < -0.39 is 4.92 Å². The zero-order valence-electron chi connectivity index (χ0n) is 19.6. The number of rotatable bonds is 6. The Balaban J connectivity index is 1.47. The number of amides is 1. The number of amidine groups is 1. The van der Waals surface area contributed by atoms with Crippen LogP contribution in [0.15, 0.2) is 88.8 Å². The number of halogens is 1. The first-order chi connectivity index (χ1) is 17.9. The van der Waals surface area contributed by atoms with Gasteiger partial charge in [0, 0.05) is 22.7 Å². The van der Waals surface area contributed by atoms with Crippen molar-refractivity contribution in [2.45, 2.75) is 13.5 Å². The normalized spacial score (nSPS) is 15.4. The van der Waals surface area contributed by atoms with Gasteiger partial charge >= 0.3 is 0 Å². The van der Waals surface area contributed by atoms with E-state index in [4.69, 9.17) is 16.3 Å². The van der Waals surface area contributed by atoms with Gasteiger partial charge in [-0.15, -0.1) is 0 Å². The maximum Gasteiger partial charge on any atom is 0.269 e. The number of nitrogens with zero attached hydrogens (tertiary/aromatic N) is 2. The summed E-state index contributed by atoms with van der Waals surface area (Å²) in [5.74, 6) is 0.340. The highest BCUT2D eigenvalue weighted by molar-refractivity contribution is 8.18. The lowest BCUT2D eigenvalue weighted by Crippen LogP contribution is -2.19. The van der Waals surface area contributed by atoms with Gasteiger partial charge in [-0.3, -0.25) is 14.9 Å². The van der Waals surface area contributed by atoms with Gasteiger partial charge in [0.1, 0.15) is 12.4 Å². The van der Waals surface area contributed by atoms with Gasteiger partial charge < -0.3 is 10.1 Å². The van der Waals surface area contributed by atoms with Crippen molar-refractivity contribution in [2.75, 3.05) is 0 Å². The average Bonchev–Trinajstić information content (AvgIpc) is 3.24. The molecule has 1 amide bonds. The lowest BCUT2D eigenvalue weighted by Gasteiger charge is -2.12. The van der Waals surface area contributed by atoms with Gasteiger partial charge in [-0.05, 0) is 77.0 Å². The van der Waals surface area contributed by atoms with Crippen molar-refractivity contribution in [3.63, 3.8) is 0 Å². The highest BCUT2D eigenvalue weighted by Crippen LogP contribution is 2.36. The van der Waals surface area contributed by atoms with Crippen LogP contribution in [0.25, 0.3) is 16.8 Å². The predicted octanol–water partition coefficient (Wildman–Crippen LogP) is 7.18. The summed E-state index contributed by atoms with van der Waals surface area (Å²) in [5, 5.41) is 16.8. The van der Waals surface area contributed by atoms with Crippen molar-refractivity contribution in [3.8, 4) is 5.75 Å². The van der Waals surface area contributed by atoms with Crippen LogP contribution in [0.2, 0.25) is 5.02 Å². The Bertz CT molecular complexity index is 1600. The van der Waals surface area contributed by atoms with Crippen molar-refractivity contribution in [3.05, 3.63) is 116 Å². The molecule has 0 unspecified atom stereocenters. The maximum absolute atomic E-state index is 12.8. The molecule has 0 bridgehead atoms. The van der Waals surface area contributed by atoms with Gasteiger partial charge in [-0.2, -0.15) is 0 Å². The number of nitro benzene ring substituents is 1. The number of hydrogen-bond donors (Lipinski definition) is 1. The lowest BCUT2D eigenvalue weighted by molar-refractivity contribution is -0.384. The van der Waals surface area contributed by atoms with Gasteiger partial charge in [0.25, 0.3) is 11.6 Å². The first-order valence-electron chi connectivity index (χ1n) is 11.3. The number of non-ortho nitro benzene ring substituents is 1. The Morgan fingerprint density at radius 2 is 1.84 bits per heavy atom. The second-order valence-electron chi connectivity index (χ2n) is 8.28. The Kier molecular flexibility index (Phi) is 6.94. The summed E-state index contributed by atoms with van der Waals surface area (Å²) in [4.78, 5) is 28.4. The second kappa shape index (κ2) is 10.5. The van der Waals surface area contributed by atoms with Crippen LogP contribution in [0.1, 0.15) is 16.7 Å². The molecular weight excluding hydrogens is 510 g/mol. The molecule has 0 aromatic heterocycles. The minimum absolute atomic E-state index is 0.0228. The van der Waals surface area contributed by atoms with Crippen molar-refractivity contribution in [1.82, 2.24) is 5.32 Å².